The molecular weight excluding hydrogens is 670 g/mol. The molecule has 2 fully saturated rings. The number of nitrogens with two attached hydrogens (primary N) is 1. The van der Waals surface area contributed by atoms with Crippen LogP contribution in [0.1, 0.15) is 73.1 Å². The SMILES string of the molecule is N#Cc1ccc(CC(C(=O)N[C@H](C(=O)NCC2CCN(C(=N)N)CC2)C2CCCCC2)c2cccc(C(F)(F)F)c2)cc1.O=C(O)C(F)(F)F. The molecule has 1 saturated carbocycles. The quantitative estimate of drug-likeness (QED) is 0.133. The number of nitriles is 1. The van der Waals surface area contributed by atoms with E-state index < -0.39 is 41.8 Å². The summed E-state index contributed by atoms with van der Waals surface area (Å²) in [6.45, 7) is 1.73. The van der Waals surface area contributed by atoms with E-state index in [4.69, 9.17) is 26.3 Å². The number of piperidine rings is 1. The van der Waals surface area contributed by atoms with Crippen molar-refractivity contribution in [3.8, 4) is 6.07 Å². The fraction of sp³-hybridized carbons (Fsp3) is 0.500. The minimum atomic E-state index is -5.08. The van der Waals surface area contributed by atoms with Gasteiger partial charge in [-0.1, -0.05) is 49.6 Å². The van der Waals surface area contributed by atoms with Gasteiger partial charge in [-0.3, -0.25) is 15.0 Å². The van der Waals surface area contributed by atoms with Gasteiger partial charge >= 0.3 is 18.3 Å². The maximum Gasteiger partial charge on any atom is 0.490 e. The Morgan fingerprint density at radius 3 is 2.08 bits per heavy atom. The number of halogens is 6. The van der Waals surface area contributed by atoms with E-state index in [1.165, 1.54) is 12.1 Å². The molecular formula is C34H40F6N6O4. The lowest BCUT2D eigenvalue weighted by molar-refractivity contribution is -0.192. The first-order valence-corrected chi connectivity index (χ1v) is 16.1. The average molecular weight is 711 g/mol. The lowest BCUT2D eigenvalue weighted by atomic mass is 9.82. The first-order valence-electron chi connectivity index (χ1n) is 16.1. The number of likely N-dealkylation sites (tertiary alicyclic amines) is 1. The molecule has 0 radical (unpaired) electrons. The number of nitrogens with one attached hydrogen (secondary N) is 3. The maximum absolute atomic E-state index is 13.9. The highest BCUT2D eigenvalue weighted by Gasteiger charge is 2.38. The summed E-state index contributed by atoms with van der Waals surface area (Å²) in [6, 6.07) is 12.6. The Balaban J connectivity index is 0.000000872. The number of hydrogen-bond acceptors (Lipinski definition) is 5. The van der Waals surface area contributed by atoms with Crippen LogP contribution in [0.5, 0.6) is 0 Å². The van der Waals surface area contributed by atoms with Crippen LogP contribution in [0.2, 0.25) is 0 Å². The van der Waals surface area contributed by atoms with Crippen LogP contribution in [-0.2, 0) is 27.0 Å². The number of carbonyl (C=O) groups excluding carboxylic acids is 2. The molecule has 0 spiro atoms. The number of rotatable bonds is 9. The zero-order valence-corrected chi connectivity index (χ0v) is 27.1. The summed E-state index contributed by atoms with van der Waals surface area (Å²) in [5.74, 6) is -4.35. The molecule has 1 aliphatic heterocycles. The second-order valence-corrected chi connectivity index (χ2v) is 12.4. The molecule has 1 saturated heterocycles. The molecule has 0 aromatic heterocycles. The van der Waals surface area contributed by atoms with Gasteiger partial charge in [-0.25, -0.2) is 4.79 Å². The molecule has 2 amide bonds. The van der Waals surface area contributed by atoms with Crippen molar-refractivity contribution in [1.29, 1.82) is 10.7 Å². The smallest absolute Gasteiger partial charge is 0.475 e. The van der Waals surface area contributed by atoms with Crippen LogP contribution < -0.4 is 16.4 Å². The van der Waals surface area contributed by atoms with Gasteiger partial charge in [0.25, 0.3) is 0 Å². The van der Waals surface area contributed by atoms with Crippen molar-refractivity contribution in [2.75, 3.05) is 19.6 Å². The number of carboxylic acids is 1. The van der Waals surface area contributed by atoms with Crippen LogP contribution in [0.4, 0.5) is 26.3 Å². The summed E-state index contributed by atoms with van der Waals surface area (Å²) in [7, 11) is 0. The summed E-state index contributed by atoms with van der Waals surface area (Å²) in [6.07, 6.45) is -3.50. The number of aliphatic carboxylic acids is 1. The second kappa shape index (κ2) is 17.7. The summed E-state index contributed by atoms with van der Waals surface area (Å²) in [4.78, 5) is 38.2. The molecule has 10 nitrogen and oxygen atoms in total. The number of nitrogens with zero attached hydrogens (tertiary/aromatic N) is 2. The number of alkyl halides is 6. The van der Waals surface area contributed by atoms with E-state index in [9.17, 15) is 35.9 Å². The molecule has 1 unspecified atom stereocenters. The van der Waals surface area contributed by atoms with Gasteiger partial charge in [-0.15, -0.1) is 0 Å². The number of carbonyl (C=O) groups is 3. The molecule has 0 bridgehead atoms. The van der Waals surface area contributed by atoms with Crippen LogP contribution in [0, 0.1) is 28.6 Å². The lowest BCUT2D eigenvalue weighted by Gasteiger charge is -2.34. The van der Waals surface area contributed by atoms with Crippen molar-refractivity contribution in [1.82, 2.24) is 15.5 Å². The predicted octanol–water partition coefficient (Wildman–Crippen LogP) is 5.32. The Labute approximate surface area is 285 Å². The van der Waals surface area contributed by atoms with Crippen molar-refractivity contribution < 1.29 is 45.8 Å². The van der Waals surface area contributed by atoms with E-state index in [1.54, 1.807) is 29.2 Å². The van der Waals surface area contributed by atoms with E-state index in [1.807, 2.05) is 6.07 Å². The third kappa shape index (κ3) is 12.0. The Hall–Kier alpha value is -4.81. The molecule has 1 heterocycles. The standard InChI is InChI=1S/C32H39F3N6O2.C2HF3O2/c33-32(34,35)26-8-4-7-25(18-26)27(17-21-9-11-22(19-36)12-10-21)29(42)40-28(24-5-2-1-3-6-24)30(43)39-20-23-13-15-41(16-14-23)31(37)38;3-2(4,5)1(6)7/h4,7-12,18,23-24,27-28H,1-3,5-6,13-17,20H2,(H3,37,38)(H,39,43)(H,40,42);(H,6,7)/t27?,28-;/m0./s1. The largest absolute Gasteiger partial charge is 0.490 e. The average Bonchev–Trinajstić information content (AvgIpc) is 3.08. The summed E-state index contributed by atoms with van der Waals surface area (Å²) < 4.78 is 72.5. The minimum absolute atomic E-state index is 0.0406. The fourth-order valence-corrected chi connectivity index (χ4v) is 6.10. The van der Waals surface area contributed by atoms with Crippen molar-refractivity contribution in [2.24, 2.45) is 17.6 Å². The van der Waals surface area contributed by atoms with Gasteiger partial charge in [0.2, 0.25) is 11.8 Å². The van der Waals surface area contributed by atoms with Crippen molar-refractivity contribution in [3.63, 3.8) is 0 Å². The van der Waals surface area contributed by atoms with Crippen molar-refractivity contribution in [2.45, 2.75) is 75.7 Å². The molecule has 4 rings (SSSR count). The van der Waals surface area contributed by atoms with Crippen molar-refractivity contribution in [3.05, 3.63) is 70.8 Å². The minimum Gasteiger partial charge on any atom is -0.475 e. The Morgan fingerprint density at radius 1 is 0.960 bits per heavy atom. The molecule has 1 aliphatic carbocycles. The molecule has 16 heteroatoms. The normalized spacial score (nSPS) is 16.9. The van der Waals surface area contributed by atoms with Gasteiger partial charge < -0.3 is 26.4 Å². The first-order chi connectivity index (χ1) is 23.5. The van der Waals surface area contributed by atoms with Crippen LogP contribution in [0.3, 0.4) is 0 Å². The van der Waals surface area contributed by atoms with E-state index >= 15 is 0 Å². The van der Waals surface area contributed by atoms with Gasteiger partial charge in [-0.05, 0) is 73.3 Å². The maximum atomic E-state index is 13.9. The Morgan fingerprint density at radius 2 is 1.56 bits per heavy atom. The highest BCUT2D eigenvalue weighted by atomic mass is 19.4. The van der Waals surface area contributed by atoms with Crippen molar-refractivity contribution >= 4 is 23.7 Å². The van der Waals surface area contributed by atoms with E-state index in [0.717, 1.165) is 57.1 Å². The van der Waals surface area contributed by atoms with E-state index in [-0.39, 0.29) is 35.7 Å². The highest BCUT2D eigenvalue weighted by molar-refractivity contribution is 5.91. The number of benzene rings is 2. The number of carboxylic acid groups (broad SMARTS) is 1. The highest BCUT2D eigenvalue weighted by Crippen LogP contribution is 2.33. The summed E-state index contributed by atoms with van der Waals surface area (Å²) in [5.41, 5.74) is 6.07. The van der Waals surface area contributed by atoms with Crippen LogP contribution in [-0.4, -0.2) is 65.6 Å². The summed E-state index contributed by atoms with van der Waals surface area (Å²) >= 11 is 0. The monoisotopic (exact) mass is 710 g/mol. The van der Waals surface area contributed by atoms with E-state index in [2.05, 4.69) is 10.6 Å². The molecule has 2 atom stereocenters. The van der Waals surface area contributed by atoms with Gasteiger partial charge in [0, 0.05) is 19.6 Å². The van der Waals surface area contributed by atoms with Gasteiger partial charge in [0.1, 0.15) is 6.04 Å². The second-order valence-electron chi connectivity index (χ2n) is 12.4. The third-order valence-corrected chi connectivity index (χ3v) is 8.92. The molecule has 2 aromatic rings. The van der Waals surface area contributed by atoms with Gasteiger partial charge in [-0.2, -0.15) is 31.6 Å². The molecule has 6 N–H and O–H groups in total. The predicted molar refractivity (Wildman–Crippen MR) is 170 cm³/mol. The third-order valence-electron chi connectivity index (χ3n) is 8.92. The Kier molecular flexibility index (Phi) is 14.0. The van der Waals surface area contributed by atoms with Crippen LogP contribution >= 0.6 is 0 Å². The first kappa shape index (κ1) is 39.6. The number of guanidine groups is 1. The zero-order valence-electron chi connectivity index (χ0n) is 27.1. The van der Waals surface area contributed by atoms with Crippen LogP contribution in [0.15, 0.2) is 48.5 Å². The lowest BCUT2D eigenvalue weighted by Crippen LogP contribution is -2.53. The fourth-order valence-electron chi connectivity index (χ4n) is 6.10. The summed E-state index contributed by atoms with van der Waals surface area (Å²) in [5, 5.41) is 29.9. The molecule has 50 heavy (non-hydrogen) atoms. The molecule has 272 valence electrons. The van der Waals surface area contributed by atoms with Crippen LogP contribution in [0.25, 0.3) is 0 Å². The zero-order chi connectivity index (χ0) is 37.1. The molecule has 2 aromatic carbocycles. The van der Waals surface area contributed by atoms with E-state index in [0.29, 0.717) is 30.8 Å². The Bertz CT molecular complexity index is 1510. The van der Waals surface area contributed by atoms with Gasteiger partial charge in [0.05, 0.1) is 23.1 Å². The number of amides is 2. The molecule has 2 aliphatic rings. The topological polar surface area (TPSA) is 172 Å². The number of hydrogen-bond donors (Lipinski definition) is 5. The van der Waals surface area contributed by atoms with Gasteiger partial charge in [0.15, 0.2) is 5.96 Å².